The first kappa shape index (κ1) is 20.2. The van der Waals surface area contributed by atoms with E-state index >= 15 is 0 Å². The van der Waals surface area contributed by atoms with E-state index in [0.717, 1.165) is 44.4 Å². The summed E-state index contributed by atoms with van der Waals surface area (Å²) in [6.45, 7) is 4.37. The van der Waals surface area contributed by atoms with Gasteiger partial charge in [-0.2, -0.15) is 0 Å². The first-order valence-electron chi connectivity index (χ1n) is 8.31. The fourth-order valence-corrected chi connectivity index (χ4v) is 2.18. The van der Waals surface area contributed by atoms with Crippen LogP contribution in [0.2, 0.25) is 0 Å². The maximum Gasteiger partial charge on any atom is 0.191 e. The standard InChI is InChI=1S/C17H32N6O/c1-18-17(20-9-11-23(4)10-6-12-24-5)21-14-15-7-8-19-16(13-15)22(2)3/h7-8,13H,6,9-12,14H2,1-5H3,(H2,18,20,21). The number of pyridine rings is 1. The molecule has 0 unspecified atom stereocenters. The van der Waals surface area contributed by atoms with Gasteiger partial charge in [0, 0.05) is 67.2 Å². The van der Waals surface area contributed by atoms with Crippen LogP contribution in [0.3, 0.4) is 0 Å². The van der Waals surface area contributed by atoms with Crippen molar-refractivity contribution in [3.05, 3.63) is 23.9 Å². The van der Waals surface area contributed by atoms with Crippen molar-refractivity contribution in [2.24, 2.45) is 4.99 Å². The zero-order valence-corrected chi connectivity index (χ0v) is 15.7. The quantitative estimate of drug-likeness (QED) is 0.374. The highest BCUT2D eigenvalue weighted by Crippen LogP contribution is 2.08. The topological polar surface area (TPSA) is 65.0 Å². The van der Waals surface area contributed by atoms with Gasteiger partial charge in [-0.15, -0.1) is 0 Å². The SMILES string of the molecule is CN=C(NCCN(C)CCCOC)NCc1ccnc(N(C)C)c1. The molecule has 0 atom stereocenters. The molecule has 0 saturated heterocycles. The van der Waals surface area contributed by atoms with Gasteiger partial charge in [-0.3, -0.25) is 4.99 Å². The molecule has 0 aliphatic rings. The highest BCUT2D eigenvalue weighted by atomic mass is 16.5. The molecule has 1 heterocycles. The summed E-state index contributed by atoms with van der Waals surface area (Å²) in [5, 5.41) is 6.67. The molecule has 136 valence electrons. The van der Waals surface area contributed by atoms with Gasteiger partial charge in [-0.1, -0.05) is 0 Å². The number of methoxy groups -OCH3 is 1. The molecule has 1 rings (SSSR count). The van der Waals surface area contributed by atoms with E-state index in [-0.39, 0.29) is 0 Å². The normalized spacial score (nSPS) is 11.7. The molecule has 1 aromatic heterocycles. The van der Waals surface area contributed by atoms with Gasteiger partial charge in [0.1, 0.15) is 5.82 Å². The summed E-state index contributed by atoms with van der Waals surface area (Å²) in [5.74, 6) is 1.76. The van der Waals surface area contributed by atoms with Crippen LogP contribution in [-0.2, 0) is 11.3 Å². The van der Waals surface area contributed by atoms with Gasteiger partial charge in [0.25, 0.3) is 0 Å². The number of rotatable bonds is 10. The van der Waals surface area contributed by atoms with Crippen molar-refractivity contribution in [2.45, 2.75) is 13.0 Å². The maximum absolute atomic E-state index is 5.07. The van der Waals surface area contributed by atoms with E-state index in [1.54, 1.807) is 14.2 Å². The number of nitrogens with one attached hydrogen (secondary N) is 2. The molecule has 0 aliphatic carbocycles. The molecule has 0 aromatic carbocycles. The van der Waals surface area contributed by atoms with Crippen LogP contribution in [0.25, 0.3) is 0 Å². The molecule has 0 aliphatic heterocycles. The van der Waals surface area contributed by atoms with E-state index < -0.39 is 0 Å². The van der Waals surface area contributed by atoms with Gasteiger partial charge in [-0.05, 0) is 31.2 Å². The predicted octanol–water partition coefficient (Wildman–Crippen LogP) is 0.781. The lowest BCUT2D eigenvalue weighted by molar-refractivity contribution is 0.180. The van der Waals surface area contributed by atoms with Crippen LogP contribution in [0.1, 0.15) is 12.0 Å². The Morgan fingerprint density at radius 2 is 2.04 bits per heavy atom. The third kappa shape index (κ3) is 8.12. The average Bonchev–Trinajstić information content (AvgIpc) is 2.58. The molecule has 2 N–H and O–H groups in total. The largest absolute Gasteiger partial charge is 0.385 e. The van der Waals surface area contributed by atoms with E-state index in [9.17, 15) is 0 Å². The Morgan fingerprint density at radius 3 is 2.71 bits per heavy atom. The lowest BCUT2D eigenvalue weighted by atomic mass is 10.2. The van der Waals surface area contributed by atoms with Crippen molar-refractivity contribution in [1.82, 2.24) is 20.5 Å². The number of guanidine groups is 1. The fraction of sp³-hybridized carbons (Fsp3) is 0.647. The molecule has 0 radical (unpaired) electrons. The fourth-order valence-electron chi connectivity index (χ4n) is 2.18. The molecular formula is C17H32N6O. The van der Waals surface area contributed by atoms with Crippen LogP contribution in [0.5, 0.6) is 0 Å². The average molecular weight is 336 g/mol. The van der Waals surface area contributed by atoms with Crippen LogP contribution in [0.15, 0.2) is 23.3 Å². The lowest BCUT2D eigenvalue weighted by Crippen LogP contribution is -2.40. The zero-order chi connectivity index (χ0) is 17.8. The number of hydrogen-bond acceptors (Lipinski definition) is 5. The summed E-state index contributed by atoms with van der Waals surface area (Å²) < 4.78 is 5.07. The van der Waals surface area contributed by atoms with Gasteiger partial charge in [0.15, 0.2) is 5.96 Å². The summed E-state index contributed by atoms with van der Waals surface area (Å²) in [5.41, 5.74) is 1.17. The predicted molar refractivity (Wildman–Crippen MR) is 101 cm³/mol. The summed E-state index contributed by atoms with van der Waals surface area (Å²) in [6.07, 6.45) is 2.88. The minimum Gasteiger partial charge on any atom is -0.385 e. The number of ether oxygens (including phenoxy) is 1. The summed E-state index contributed by atoms with van der Waals surface area (Å²) >= 11 is 0. The second-order valence-corrected chi connectivity index (χ2v) is 5.92. The summed E-state index contributed by atoms with van der Waals surface area (Å²) in [6, 6.07) is 4.08. The third-order valence-corrected chi connectivity index (χ3v) is 3.63. The Labute approximate surface area is 146 Å². The van der Waals surface area contributed by atoms with Crippen LogP contribution >= 0.6 is 0 Å². The Hall–Kier alpha value is -1.86. The van der Waals surface area contributed by atoms with E-state index in [2.05, 4.69) is 38.6 Å². The van der Waals surface area contributed by atoms with Crippen LogP contribution in [0.4, 0.5) is 5.82 Å². The Balaban J connectivity index is 2.31. The number of likely N-dealkylation sites (N-methyl/N-ethyl adjacent to an activating group) is 1. The number of anilines is 1. The number of nitrogens with zero attached hydrogens (tertiary/aromatic N) is 4. The molecule has 0 fully saturated rings. The number of hydrogen-bond donors (Lipinski definition) is 2. The van der Waals surface area contributed by atoms with Crippen molar-refractivity contribution in [1.29, 1.82) is 0 Å². The smallest absolute Gasteiger partial charge is 0.191 e. The summed E-state index contributed by atoms with van der Waals surface area (Å²) in [4.78, 5) is 12.9. The summed E-state index contributed by atoms with van der Waals surface area (Å²) in [7, 11) is 9.62. The van der Waals surface area contributed by atoms with Gasteiger partial charge in [0.05, 0.1) is 0 Å². The second-order valence-electron chi connectivity index (χ2n) is 5.92. The number of aromatic nitrogens is 1. The highest BCUT2D eigenvalue weighted by molar-refractivity contribution is 5.79. The first-order valence-corrected chi connectivity index (χ1v) is 8.31. The molecule has 0 bridgehead atoms. The maximum atomic E-state index is 5.07. The van der Waals surface area contributed by atoms with Crippen LogP contribution < -0.4 is 15.5 Å². The van der Waals surface area contributed by atoms with Crippen molar-refractivity contribution >= 4 is 11.8 Å². The molecule has 7 heteroatoms. The van der Waals surface area contributed by atoms with Gasteiger partial charge < -0.3 is 25.2 Å². The molecule has 7 nitrogen and oxygen atoms in total. The zero-order valence-electron chi connectivity index (χ0n) is 15.7. The van der Waals surface area contributed by atoms with E-state index in [1.165, 1.54) is 5.56 Å². The minimum absolute atomic E-state index is 0.715. The first-order chi connectivity index (χ1) is 11.6. The van der Waals surface area contributed by atoms with Crippen molar-refractivity contribution in [3.63, 3.8) is 0 Å². The third-order valence-electron chi connectivity index (χ3n) is 3.63. The van der Waals surface area contributed by atoms with Gasteiger partial charge >= 0.3 is 0 Å². The molecule has 1 aromatic rings. The molecule has 0 spiro atoms. The van der Waals surface area contributed by atoms with Crippen molar-refractivity contribution < 1.29 is 4.74 Å². The van der Waals surface area contributed by atoms with E-state index in [1.807, 2.05) is 31.3 Å². The Morgan fingerprint density at radius 1 is 1.25 bits per heavy atom. The number of aliphatic imine (C=N–C) groups is 1. The monoisotopic (exact) mass is 336 g/mol. The van der Waals surface area contributed by atoms with Crippen molar-refractivity contribution in [2.75, 3.05) is 66.4 Å². The lowest BCUT2D eigenvalue weighted by Gasteiger charge is -2.18. The Kier molecular flexibility index (Phi) is 9.79. The molecule has 0 amide bonds. The second kappa shape index (κ2) is 11.6. The Bertz CT molecular complexity index is 492. The van der Waals surface area contributed by atoms with Gasteiger partial charge in [-0.25, -0.2) is 4.98 Å². The highest BCUT2D eigenvalue weighted by Gasteiger charge is 2.02. The van der Waals surface area contributed by atoms with Crippen molar-refractivity contribution in [3.8, 4) is 0 Å². The van der Waals surface area contributed by atoms with E-state index in [4.69, 9.17) is 4.74 Å². The van der Waals surface area contributed by atoms with Crippen LogP contribution in [-0.4, -0.2) is 77.4 Å². The molecular weight excluding hydrogens is 304 g/mol. The van der Waals surface area contributed by atoms with Crippen LogP contribution in [0, 0.1) is 0 Å². The minimum atomic E-state index is 0.715. The molecule has 24 heavy (non-hydrogen) atoms. The molecule has 0 saturated carbocycles. The van der Waals surface area contributed by atoms with Gasteiger partial charge in [0.2, 0.25) is 0 Å². The van der Waals surface area contributed by atoms with E-state index in [0.29, 0.717) is 6.54 Å².